The van der Waals surface area contributed by atoms with Gasteiger partial charge in [-0.1, -0.05) is 6.07 Å². The fourth-order valence-electron chi connectivity index (χ4n) is 3.14. The molecule has 1 N–H and O–H groups in total. The lowest BCUT2D eigenvalue weighted by Crippen LogP contribution is -2.27. The first kappa shape index (κ1) is 18.0. The van der Waals surface area contributed by atoms with Crippen LogP contribution in [0.2, 0.25) is 0 Å². The van der Waals surface area contributed by atoms with E-state index in [1.54, 1.807) is 20.4 Å². The lowest BCUT2D eigenvalue weighted by atomic mass is 10.1. The predicted octanol–water partition coefficient (Wildman–Crippen LogP) is 3.19. The van der Waals surface area contributed by atoms with E-state index >= 15 is 0 Å². The normalized spacial score (nSPS) is 14.8. The van der Waals surface area contributed by atoms with Crippen LogP contribution < -0.4 is 19.7 Å². The summed E-state index contributed by atoms with van der Waals surface area (Å²) >= 11 is 0. The molecule has 2 aromatic rings. The fraction of sp³-hybridized carbons (Fsp3) is 0.400. The van der Waals surface area contributed by atoms with Crippen LogP contribution >= 0.6 is 0 Å². The molecule has 6 nitrogen and oxygen atoms in total. The Morgan fingerprint density at radius 1 is 1.12 bits per heavy atom. The maximum atomic E-state index is 12.5. The van der Waals surface area contributed by atoms with Crippen molar-refractivity contribution in [2.24, 2.45) is 0 Å². The van der Waals surface area contributed by atoms with E-state index in [4.69, 9.17) is 9.47 Å². The molecule has 1 fully saturated rings. The molecule has 0 bridgehead atoms. The van der Waals surface area contributed by atoms with Crippen molar-refractivity contribution in [3.8, 4) is 11.5 Å². The van der Waals surface area contributed by atoms with Gasteiger partial charge >= 0.3 is 0 Å². The van der Waals surface area contributed by atoms with Gasteiger partial charge in [0.15, 0.2) is 11.5 Å². The van der Waals surface area contributed by atoms with Crippen LogP contribution in [-0.2, 0) is 0 Å². The van der Waals surface area contributed by atoms with Crippen LogP contribution in [0, 0.1) is 0 Å². The van der Waals surface area contributed by atoms with E-state index in [-0.39, 0.29) is 11.9 Å². The summed E-state index contributed by atoms with van der Waals surface area (Å²) in [6, 6.07) is 9.21. The average molecular weight is 355 g/mol. The summed E-state index contributed by atoms with van der Waals surface area (Å²) in [6.07, 6.45) is 4.05. The van der Waals surface area contributed by atoms with E-state index in [1.807, 2.05) is 37.3 Å². The monoisotopic (exact) mass is 355 g/mol. The highest BCUT2D eigenvalue weighted by Crippen LogP contribution is 2.30. The molecule has 0 radical (unpaired) electrons. The first-order chi connectivity index (χ1) is 12.6. The number of carbonyl (C=O) groups excluding carboxylic acids is 1. The molecule has 1 amide bonds. The van der Waals surface area contributed by atoms with Gasteiger partial charge in [-0.25, -0.2) is 4.98 Å². The molecule has 1 atom stereocenters. The molecule has 138 valence electrons. The molecule has 6 heteroatoms. The number of nitrogens with zero attached hydrogens (tertiary/aromatic N) is 2. The third-order valence-corrected chi connectivity index (χ3v) is 4.70. The van der Waals surface area contributed by atoms with Gasteiger partial charge in [-0.2, -0.15) is 0 Å². The van der Waals surface area contributed by atoms with Crippen LogP contribution in [-0.4, -0.2) is 38.2 Å². The van der Waals surface area contributed by atoms with E-state index in [0.29, 0.717) is 17.1 Å². The Morgan fingerprint density at radius 3 is 2.46 bits per heavy atom. The van der Waals surface area contributed by atoms with Gasteiger partial charge in [-0.15, -0.1) is 0 Å². The van der Waals surface area contributed by atoms with Crippen LogP contribution in [0.1, 0.15) is 41.7 Å². The van der Waals surface area contributed by atoms with E-state index in [1.165, 1.54) is 12.8 Å². The number of amides is 1. The second-order valence-corrected chi connectivity index (χ2v) is 6.41. The van der Waals surface area contributed by atoms with Gasteiger partial charge in [-0.3, -0.25) is 4.79 Å². The number of rotatable bonds is 6. The van der Waals surface area contributed by atoms with Crippen molar-refractivity contribution in [3.05, 3.63) is 47.7 Å². The zero-order valence-corrected chi connectivity index (χ0v) is 15.5. The van der Waals surface area contributed by atoms with Crippen LogP contribution in [0.25, 0.3) is 0 Å². The topological polar surface area (TPSA) is 63.7 Å². The Morgan fingerprint density at radius 2 is 1.85 bits per heavy atom. The molecule has 2 heterocycles. The number of nitrogens with one attached hydrogen (secondary N) is 1. The van der Waals surface area contributed by atoms with E-state index in [2.05, 4.69) is 15.2 Å². The Hall–Kier alpha value is -2.76. The Balaban J connectivity index is 1.67. The predicted molar refractivity (Wildman–Crippen MR) is 101 cm³/mol. The third-order valence-electron chi connectivity index (χ3n) is 4.70. The highest BCUT2D eigenvalue weighted by Gasteiger charge is 2.16. The van der Waals surface area contributed by atoms with Gasteiger partial charge in [-0.05, 0) is 49.6 Å². The van der Waals surface area contributed by atoms with Crippen molar-refractivity contribution in [2.75, 3.05) is 32.2 Å². The number of anilines is 1. The number of hydrogen-bond donors (Lipinski definition) is 1. The quantitative estimate of drug-likeness (QED) is 0.862. The highest BCUT2D eigenvalue weighted by atomic mass is 16.5. The smallest absolute Gasteiger partial charge is 0.253 e. The standard InChI is InChI=1S/C20H25N3O3/c1-14(15-6-8-17(25-2)18(12-15)26-3)22-20(24)16-7-9-19(21-13-16)23-10-4-5-11-23/h6-9,12-14H,4-5,10-11H2,1-3H3,(H,22,24). The van der Waals surface area contributed by atoms with Crippen molar-refractivity contribution in [1.29, 1.82) is 0 Å². The van der Waals surface area contributed by atoms with Crippen molar-refractivity contribution in [3.63, 3.8) is 0 Å². The molecule has 1 unspecified atom stereocenters. The number of methoxy groups -OCH3 is 2. The molecular weight excluding hydrogens is 330 g/mol. The molecule has 1 aliphatic rings. The maximum absolute atomic E-state index is 12.5. The van der Waals surface area contributed by atoms with Crippen LogP contribution in [0.4, 0.5) is 5.82 Å². The summed E-state index contributed by atoms with van der Waals surface area (Å²) in [5.74, 6) is 2.10. The molecule has 1 saturated heterocycles. The SMILES string of the molecule is COc1ccc(C(C)NC(=O)c2ccc(N3CCCC3)nc2)cc1OC. The summed E-state index contributed by atoms with van der Waals surface area (Å²) in [7, 11) is 3.19. The molecule has 0 aliphatic carbocycles. The minimum atomic E-state index is -0.166. The first-order valence-electron chi connectivity index (χ1n) is 8.86. The molecule has 0 spiro atoms. The zero-order chi connectivity index (χ0) is 18.5. The molecule has 0 saturated carbocycles. The van der Waals surface area contributed by atoms with E-state index in [9.17, 15) is 4.79 Å². The Labute approximate surface area is 154 Å². The Kier molecular flexibility index (Phi) is 5.61. The lowest BCUT2D eigenvalue weighted by molar-refractivity contribution is 0.0939. The second kappa shape index (κ2) is 8.08. The van der Waals surface area contributed by atoms with Gasteiger partial charge in [0.2, 0.25) is 0 Å². The molecule has 1 aliphatic heterocycles. The van der Waals surface area contributed by atoms with Gasteiger partial charge in [0.25, 0.3) is 5.91 Å². The molecular formula is C20H25N3O3. The van der Waals surface area contributed by atoms with Gasteiger partial charge < -0.3 is 19.7 Å². The summed E-state index contributed by atoms with van der Waals surface area (Å²) in [5, 5.41) is 3.00. The van der Waals surface area contributed by atoms with Gasteiger partial charge in [0, 0.05) is 19.3 Å². The maximum Gasteiger partial charge on any atom is 0.253 e. The molecule has 1 aromatic carbocycles. The van der Waals surface area contributed by atoms with Gasteiger partial charge in [0.05, 0.1) is 25.8 Å². The summed E-state index contributed by atoms with van der Waals surface area (Å²) in [5.41, 5.74) is 1.50. The second-order valence-electron chi connectivity index (χ2n) is 6.41. The van der Waals surface area contributed by atoms with Crippen molar-refractivity contribution in [1.82, 2.24) is 10.3 Å². The summed E-state index contributed by atoms with van der Waals surface area (Å²) < 4.78 is 10.6. The lowest BCUT2D eigenvalue weighted by Gasteiger charge is -2.18. The number of ether oxygens (including phenoxy) is 2. The third kappa shape index (κ3) is 3.90. The fourth-order valence-corrected chi connectivity index (χ4v) is 3.14. The van der Waals surface area contributed by atoms with Crippen molar-refractivity contribution in [2.45, 2.75) is 25.8 Å². The van der Waals surface area contributed by atoms with Crippen LogP contribution in [0.5, 0.6) is 11.5 Å². The van der Waals surface area contributed by atoms with Crippen LogP contribution in [0.15, 0.2) is 36.5 Å². The van der Waals surface area contributed by atoms with Crippen molar-refractivity contribution < 1.29 is 14.3 Å². The minimum absolute atomic E-state index is 0.146. The average Bonchev–Trinajstić information content (AvgIpc) is 3.22. The van der Waals surface area contributed by atoms with E-state index in [0.717, 1.165) is 24.5 Å². The number of aromatic nitrogens is 1. The highest BCUT2D eigenvalue weighted by molar-refractivity contribution is 5.94. The van der Waals surface area contributed by atoms with Crippen molar-refractivity contribution >= 4 is 11.7 Å². The first-order valence-corrected chi connectivity index (χ1v) is 8.86. The molecule has 1 aromatic heterocycles. The number of hydrogen-bond acceptors (Lipinski definition) is 5. The van der Waals surface area contributed by atoms with Gasteiger partial charge in [0.1, 0.15) is 5.82 Å². The Bertz CT molecular complexity index is 755. The molecule has 3 rings (SSSR count). The minimum Gasteiger partial charge on any atom is -0.493 e. The van der Waals surface area contributed by atoms with Crippen LogP contribution in [0.3, 0.4) is 0 Å². The zero-order valence-electron chi connectivity index (χ0n) is 15.5. The number of benzene rings is 1. The van der Waals surface area contributed by atoms with E-state index < -0.39 is 0 Å². The number of carbonyl (C=O) groups is 1. The summed E-state index contributed by atoms with van der Waals surface area (Å²) in [6.45, 7) is 4.01. The molecule has 26 heavy (non-hydrogen) atoms. The summed E-state index contributed by atoms with van der Waals surface area (Å²) in [4.78, 5) is 19.2. The largest absolute Gasteiger partial charge is 0.493 e. The number of pyridine rings is 1.